The second kappa shape index (κ2) is 8.23. The van der Waals surface area contributed by atoms with Gasteiger partial charge < -0.3 is 9.79 Å². The molecule has 0 atom stereocenters. The third kappa shape index (κ3) is 6.37. The molecular formula is C10H12BrLiNO-. The predicted molar refractivity (Wildman–Crippen MR) is 57.6 cm³/mol. The molecular weight excluding hydrogens is 237 g/mol. The Morgan fingerprint density at radius 2 is 1.93 bits per heavy atom. The molecule has 0 heterocycles. The van der Waals surface area contributed by atoms with Crippen LogP contribution in [0, 0.1) is 13.2 Å². The van der Waals surface area contributed by atoms with Crippen molar-refractivity contribution in [3.63, 3.8) is 0 Å². The van der Waals surface area contributed by atoms with E-state index in [9.17, 15) is 4.79 Å². The Bertz CT molecular complexity index is 271. The molecule has 0 unspecified atom stereocenters. The van der Waals surface area contributed by atoms with Crippen LogP contribution in [0.3, 0.4) is 0 Å². The summed E-state index contributed by atoms with van der Waals surface area (Å²) in [7, 11) is 0. The number of nitrogens with zero attached hydrogens (tertiary/aromatic N) is 1. The minimum Gasteiger partial charge on any atom is -0.405 e. The zero-order chi connectivity index (χ0) is 10.4. The fourth-order valence-electron chi connectivity index (χ4n) is 0.652. The van der Waals surface area contributed by atoms with Gasteiger partial charge in [0, 0.05) is 5.78 Å². The van der Waals surface area contributed by atoms with Crippen molar-refractivity contribution in [1.82, 2.24) is 0 Å². The summed E-state index contributed by atoms with van der Waals surface area (Å²) in [4.78, 5) is 15.0. The van der Waals surface area contributed by atoms with Gasteiger partial charge in [0.25, 0.3) is 0 Å². The summed E-state index contributed by atoms with van der Waals surface area (Å²) in [5, 5.41) is 0. The molecule has 0 bridgehead atoms. The van der Waals surface area contributed by atoms with Gasteiger partial charge in [-0.2, -0.15) is 0 Å². The molecule has 14 heavy (non-hydrogen) atoms. The van der Waals surface area contributed by atoms with E-state index >= 15 is 0 Å². The first kappa shape index (κ1) is 16.3. The molecule has 0 aliphatic rings. The molecule has 0 fully saturated rings. The van der Waals surface area contributed by atoms with Crippen LogP contribution >= 0.6 is 15.9 Å². The van der Waals surface area contributed by atoms with E-state index in [1.807, 2.05) is 6.92 Å². The predicted octanol–water partition coefficient (Wildman–Crippen LogP) is -0.151. The smallest absolute Gasteiger partial charge is 0.405 e. The van der Waals surface area contributed by atoms with Crippen LogP contribution in [0.5, 0.6) is 0 Å². The molecule has 0 aromatic rings. The van der Waals surface area contributed by atoms with Gasteiger partial charge in [0.2, 0.25) is 0 Å². The third-order valence-electron chi connectivity index (χ3n) is 1.40. The Balaban J connectivity index is 0. The van der Waals surface area contributed by atoms with Gasteiger partial charge in [-0.15, -0.1) is 10.2 Å². The molecule has 0 saturated carbocycles. The number of carbonyl (C=O) groups is 1. The number of hydrogen-bond acceptors (Lipinski definition) is 2. The topological polar surface area (TPSA) is 29.4 Å². The van der Waals surface area contributed by atoms with E-state index in [2.05, 4.69) is 20.9 Å². The van der Waals surface area contributed by atoms with Gasteiger partial charge in [-0.3, -0.25) is 13.2 Å². The van der Waals surface area contributed by atoms with Crippen molar-refractivity contribution in [2.45, 2.75) is 26.7 Å². The minimum absolute atomic E-state index is 0. The van der Waals surface area contributed by atoms with Gasteiger partial charge in [0.05, 0.1) is 0 Å². The summed E-state index contributed by atoms with van der Waals surface area (Å²) in [5.74, 6) is -0.143. The van der Waals surface area contributed by atoms with Crippen molar-refractivity contribution in [2.75, 3.05) is 0 Å². The Morgan fingerprint density at radius 3 is 2.29 bits per heavy atom. The Morgan fingerprint density at radius 1 is 1.43 bits per heavy atom. The molecule has 0 rings (SSSR count). The quantitative estimate of drug-likeness (QED) is 0.288. The monoisotopic (exact) mass is 248 g/mol. The number of ketones is 1. The zero-order valence-corrected chi connectivity index (χ0v) is 10.4. The van der Waals surface area contributed by atoms with E-state index in [0.717, 1.165) is 6.42 Å². The molecule has 0 spiro atoms. The first-order chi connectivity index (χ1) is 5.99. The molecule has 0 aliphatic heterocycles. The summed E-state index contributed by atoms with van der Waals surface area (Å²) >= 11 is 3.04. The number of allylic oxidation sites excluding steroid dienone is 2. The van der Waals surface area contributed by atoms with Crippen LogP contribution < -0.4 is 18.9 Å². The average Bonchev–Trinajstić information content (AvgIpc) is 2.04. The molecule has 0 aliphatic carbocycles. The Labute approximate surface area is 106 Å². The van der Waals surface area contributed by atoms with E-state index < -0.39 is 0 Å². The molecule has 0 saturated heterocycles. The summed E-state index contributed by atoms with van der Waals surface area (Å²) in [6.07, 6.45) is 1.19. The van der Waals surface area contributed by atoms with Gasteiger partial charge in [0.1, 0.15) is 0 Å². The number of hydrogen-bond donors (Lipinski definition) is 0. The van der Waals surface area contributed by atoms with Gasteiger partial charge >= 0.3 is 18.9 Å². The molecule has 72 valence electrons. The van der Waals surface area contributed by atoms with Gasteiger partial charge in [-0.1, -0.05) is 48.3 Å². The van der Waals surface area contributed by atoms with Crippen LogP contribution in [-0.4, -0.2) is 11.5 Å². The maximum atomic E-state index is 11.2. The van der Waals surface area contributed by atoms with Crippen LogP contribution in [0.4, 0.5) is 0 Å². The van der Waals surface area contributed by atoms with Crippen molar-refractivity contribution in [2.24, 2.45) is 4.99 Å². The largest absolute Gasteiger partial charge is 1.00 e. The molecule has 2 nitrogen and oxygen atoms in total. The van der Waals surface area contributed by atoms with Crippen LogP contribution in [0.25, 0.3) is 0 Å². The van der Waals surface area contributed by atoms with E-state index in [-0.39, 0.29) is 30.3 Å². The molecule has 0 radical (unpaired) electrons. The van der Waals surface area contributed by atoms with E-state index in [0.29, 0.717) is 16.6 Å². The second-order valence-electron chi connectivity index (χ2n) is 2.60. The normalized spacial score (nSPS) is 10.4. The van der Waals surface area contributed by atoms with Crippen molar-refractivity contribution >= 4 is 27.4 Å². The molecule has 0 aromatic carbocycles. The maximum Gasteiger partial charge on any atom is 1.00 e. The van der Waals surface area contributed by atoms with Crippen LogP contribution in [-0.2, 0) is 4.79 Å². The zero-order valence-electron chi connectivity index (χ0n) is 8.80. The van der Waals surface area contributed by atoms with Crippen molar-refractivity contribution in [3.8, 4) is 0 Å². The van der Waals surface area contributed by atoms with E-state index in [1.54, 1.807) is 6.92 Å². The van der Waals surface area contributed by atoms with Gasteiger partial charge in [0.15, 0.2) is 0 Å². The first-order valence-electron chi connectivity index (χ1n) is 3.98. The van der Waals surface area contributed by atoms with Crippen molar-refractivity contribution < 1.29 is 23.7 Å². The SMILES string of the molecule is [CH-]=C(Br)C(C)=NC(=[CH-])C(=O)CCC.[Li+]. The fourth-order valence-corrected chi connectivity index (χ4v) is 0.740. The molecule has 4 heteroatoms. The number of aliphatic imine (C=N–C) groups is 1. The third-order valence-corrected chi connectivity index (χ3v) is 1.97. The second-order valence-corrected chi connectivity index (χ2v) is 3.46. The fraction of sp³-hybridized carbons (Fsp3) is 0.400. The van der Waals surface area contributed by atoms with Crippen LogP contribution in [0.1, 0.15) is 26.7 Å². The summed E-state index contributed by atoms with van der Waals surface area (Å²) in [5.41, 5.74) is 0.531. The van der Waals surface area contributed by atoms with Crippen LogP contribution in [0.15, 0.2) is 15.2 Å². The Kier molecular flexibility index (Phi) is 9.60. The summed E-state index contributed by atoms with van der Waals surface area (Å²) in [6.45, 7) is 14.4. The number of halogens is 1. The average molecular weight is 249 g/mol. The summed E-state index contributed by atoms with van der Waals surface area (Å²) in [6, 6.07) is 0. The minimum atomic E-state index is -0.143. The molecule has 0 amide bonds. The molecule has 0 aromatic heterocycles. The number of carbonyl (C=O) groups excluding carboxylic acids is 1. The molecule has 0 N–H and O–H groups in total. The van der Waals surface area contributed by atoms with E-state index in [1.165, 1.54) is 0 Å². The number of rotatable bonds is 5. The number of Topliss-reactive ketones (excluding diaryl/α,β-unsaturated/α-hetero) is 1. The van der Waals surface area contributed by atoms with Crippen molar-refractivity contribution in [1.29, 1.82) is 0 Å². The van der Waals surface area contributed by atoms with Crippen LogP contribution in [0.2, 0.25) is 0 Å². The maximum absolute atomic E-state index is 11.2. The van der Waals surface area contributed by atoms with E-state index in [4.69, 9.17) is 13.2 Å². The Hall–Kier alpha value is -0.103. The standard InChI is InChI=1S/C10H12BrNO.Li/c1-5-6-10(13)9(4)12-8(3)7(2)11;/h2,4H,5-6H2,1,3H3;/q-2;+1. The summed E-state index contributed by atoms with van der Waals surface area (Å²) < 4.78 is 0.389. The van der Waals surface area contributed by atoms with Crippen molar-refractivity contribution in [3.05, 3.63) is 23.3 Å². The first-order valence-corrected chi connectivity index (χ1v) is 4.77. The van der Waals surface area contributed by atoms with Gasteiger partial charge in [-0.05, 0) is 0 Å². The van der Waals surface area contributed by atoms with Gasteiger partial charge in [-0.25, -0.2) is 0 Å².